The highest BCUT2D eigenvalue weighted by atomic mass is 16.2. The van der Waals surface area contributed by atoms with Crippen molar-refractivity contribution < 1.29 is 9.59 Å². The molecule has 0 saturated carbocycles. The van der Waals surface area contributed by atoms with Crippen LogP contribution in [0.25, 0.3) is 10.8 Å². The Kier molecular flexibility index (Phi) is 6.21. The largest absolute Gasteiger partial charge is 0.352 e. The van der Waals surface area contributed by atoms with Gasteiger partial charge in [0.25, 0.3) is 5.91 Å². The first-order chi connectivity index (χ1) is 13.2. The van der Waals surface area contributed by atoms with Crippen LogP contribution >= 0.6 is 0 Å². The average molecular weight is 356 g/mol. The third-order valence-electron chi connectivity index (χ3n) is 4.03. The van der Waals surface area contributed by atoms with E-state index in [0.717, 1.165) is 16.3 Å². The van der Waals surface area contributed by atoms with Gasteiger partial charge in [0.1, 0.15) is 0 Å². The van der Waals surface area contributed by atoms with Crippen molar-refractivity contribution in [1.29, 1.82) is 0 Å². The fourth-order valence-electron chi connectivity index (χ4n) is 2.62. The zero-order valence-corrected chi connectivity index (χ0v) is 14.9. The van der Waals surface area contributed by atoms with Gasteiger partial charge in [-0.2, -0.15) is 0 Å². The van der Waals surface area contributed by atoms with E-state index in [-0.39, 0.29) is 31.3 Å². The second-order valence-corrected chi connectivity index (χ2v) is 6.01. The molecular weight excluding hydrogens is 336 g/mol. The van der Waals surface area contributed by atoms with Gasteiger partial charge in [-0.05, 0) is 35.0 Å². The number of nitrogens with one attached hydrogen (secondary N) is 2. The molecule has 4 heteroatoms. The Morgan fingerprint density at radius 1 is 0.815 bits per heavy atom. The van der Waals surface area contributed by atoms with Gasteiger partial charge in [0, 0.05) is 24.1 Å². The van der Waals surface area contributed by atoms with Crippen LogP contribution in [-0.4, -0.2) is 24.9 Å². The summed E-state index contributed by atoms with van der Waals surface area (Å²) in [7, 11) is 0. The number of rotatable bonds is 5. The van der Waals surface area contributed by atoms with Gasteiger partial charge in [-0.25, -0.2) is 0 Å². The van der Waals surface area contributed by atoms with Crippen LogP contribution in [0.3, 0.4) is 0 Å². The molecule has 2 N–H and O–H groups in total. The molecule has 27 heavy (non-hydrogen) atoms. The first-order valence-corrected chi connectivity index (χ1v) is 8.80. The van der Waals surface area contributed by atoms with Gasteiger partial charge in [-0.1, -0.05) is 60.4 Å². The van der Waals surface area contributed by atoms with E-state index < -0.39 is 0 Å². The van der Waals surface area contributed by atoms with E-state index in [2.05, 4.69) is 22.5 Å². The molecule has 0 heterocycles. The summed E-state index contributed by atoms with van der Waals surface area (Å²) >= 11 is 0. The molecule has 0 bridgehead atoms. The lowest BCUT2D eigenvalue weighted by atomic mass is 10.1. The third kappa shape index (κ3) is 5.45. The Morgan fingerprint density at radius 2 is 1.56 bits per heavy atom. The van der Waals surface area contributed by atoms with Gasteiger partial charge >= 0.3 is 0 Å². The number of carbonyl (C=O) groups excluding carboxylic acids is 2. The SMILES string of the molecule is O=C(CCNC(=O)c1ccc2ccccc2c1)NCC#Cc1ccccc1. The van der Waals surface area contributed by atoms with Gasteiger partial charge in [0.2, 0.25) is 5.91 Å². The van der Waals surface area contributed by atoms with E-state index in [1.165, 1.54) is 0 Å². The summed E-state index contributed by atoms with van der Waals surface area (Å²) in [6.45, 7) is 0.565. The average Bonchev–Trinajstić information content (AvgIpc) is 2.71. The Balaban J connectivity index is 1.41. The van der Waals surface area contributed by atoms with Crippen LogP contribution in [0, 0.1) is 11.8 Å². The van der Waals surface area contributed by atoms with Crippen molar-refractivity contribution in [2.75, 3.05) is 13.1 Å². The van der Waals surface area contributed by atoms with Crippen LogP contribution < -0.4 is 10.6 Å². The molecule has 2 amide bonds. The molecule has 0 aromatic heterocycles. The Morgan fingerprint density at radius 3 is 2.37 bits per heavy atom. The fraction of sp³-hybridized carbons (Fsp3) is 0.130. The minimum atomic E-state index is -0.183. The lowest BCUT2D eigenvalue weighted by Gasteiger charge is -2.06. The molecule has 3 aromatic carbocycles. The van der Waals surface area contributed by atoms with E-state index in [4.69, 9.17) is 0 Å². The molecule has 134 valence electrons. The molecular formula is C23H20N2O2. The van der Waals surface area contributed by atoms with Crippen molar-refractivity contribution >= 4 is 22.6 Å². The van der Waals surface area contributed by atoms with E-state index >= 15 is 0 Å². The molecule has 0 spiro atoms. The Bertz CT molecular complexity index is 1000. The van der Waals surface area contributed by atoms with Gasteiger partial charge < -0.3 is 10.6 Å². The van der Waals surface area contributed by atoms with Gasteiger partial charge in [0.15, 0.2) is 0 Å². The predicted octanol–water partition coefficient (Wildman–Crippen LogP) is 3.13. The highest BCUT2D eigenvalue weighted by Crippen LogP contribution is 2.15. The zero-order chi connectivity index (χ0) is 18.9. The normalized spacial score (nSPS) is 9.93. The number of carbonyl (C=O) groups is 2. The number of hydrogen-bond donors (Lipinski definition) is 2. The molecule has 0 aliphatic rings. The maximum atomic E-state index is 12.2. The standard InChI is InChI=1S/C23H20N2O2/c26-22(24-15-6-9-18-7-2-1-3-8-18)14-16-25-23(27)21-13-12-19-10-4-5-11-20(19)17-21/h1-5,7-8,10-13,17H,14-16H2,(H,24,26)(H,25,27). The first-order valence-electron chi connectivity index (χ1n) is 8.80. The third-order valence-corrected chi connectivity index (χ3v) is 4.03. The topological polar surface area (TPSA) is 58.2 Å². The number of amides is 2. The smallest absolute Gasteiger partial charge is 0.251 e. The minimum Gasteiger partial charge on any atom is -0.352 e. The minimum absolute atomic E-state index is 0.142. The van der Waals surface area contributed by atoms with Crippen LogP contribution in [0.1, 0.15) is 22.3 Å². The zero-order valence-electron chi connectivity index (χ0n) is 14.9. The van der Waals surface area contributed by atoms with Crippen LogP contribution in [0.5, 0.6) is 0 Å². The van der Waals surface area contributed by atoms with Crippen LogP contribution in [-0.2, 0) is 4.79 Å². The summed E-state index contributed by atoms with van der Waals surface area (Å²) in [6, 6.07) is 23.0. The summed E-state index contributed by atoms with van der Waals surface area (Å²) in [5.74, 6) is 5.56. The van der Waals surface area contributed by atoms with E-state index in [1.54, 1.807) is 6.07 Å². The van der Waals surface area contributed by atoms with E-state index in [1.807, 2.05) is 66.7 Å². The molecule has 0 radical (unpaired) electrons. The first kappa shape index (κ1) is 18.2. The summed E-state index contributed by atoms with van der Waals surface area (Å²) in [6.07, 6.45) is 0.215. The van der Waals surface area contributed by atoms with Crippen molar-refractivity contribution in [3.8, 4) is 11.8 Å². The summed E-state index contributed by atoms with van der Waals surface area (Å²) in [5.41, 5.74) is 1.50. The van der Waals surface area contributed by atoms with E-state index in [0.29, 0.717) is 5.56 Å². The lowest BCUT2D eigenvalue weighted by Crippen LogP contribution is -2.30. The van der Waals surface area contributed by atoms with Crippen molar-refractivity contribution in [3.63, 3.8) is 0 Å². The molecule has 0 unspecified atom stereocenters. The van der Waals surface area contributed by atoms with Crippen molar-refractivity contribution in [1.82, 2.24) is 10.6 Å². The maximum absolute atomic E-state index is 12.2. The van der Waals surface area contributed by atoms with E-state index in [9.17, 15) is 9.59 Å². The molecule has 0 aliphatic carbocycles. The monoisotopic (exact) mass is 356 g/mol. The lowest BCUT2D eigenvalue weighted by molar-refractivity contribution is -0.120. The van der Waals surface area contributed by atoms with Gasteiger partial charge in [-0.3, -0.25) is 9.59 Å². The second-order valence-electron chi connectivity index (χ2n) is 6.01. The number of benzene rings is 3. The highest BCUT2D eigenvalue weighted by Gasteiger charge is 2.07. The molecule has 3 aromatic rings. The van der Waals surface area contributed by atoms with Crippen molar-refractivity contribution in [2.45, 2.75) is 6.42 Å². The summed E-state index contributed by atoms with van der Waals surface area (Å²) in [5, 5.41) is 7.60. The molecule has 0 aliphatic heterocycles. The second kappa shape index (κ2) is 9.21. The van der Waals surface area contributed by atoms with Crippen molar-refractivity contribution in [2.24, 2.45) is 0 Å². The Labute approximate surface area is 158 Å². The van der Waals surface area contributed by atoms with Crippen LogP contribution in [0.15, 0.2) is 72.8 Å². The fourth-order valence-corrected chi connectivity index (χ4v) is 2.62. The molecule has 0 saturated heterocycles. The summed E-state index contributed by atoms with van der Waals surface area (Å²) in [4.78, 5) is 24.0. The maximum Gasteiger partial charge on any atom is 0.251 e. The molecule has 0 fully saturated rings. The van der Waals surface area contributed by atoms with Gasteiger partial charge in [-0.15, -0.1) is 0 Å². The quantitative estimate of drug-likeness (QED) is 0.690. The van der Waals surface area contributed by atoms with Crippen molar-refractivity contribution in [3.05, 3.63) is 83.9 Å². The Hall–Kier alpha value is -3.58. The predicted molar refractivity (Wildman–Crippen MR) is 107 cm³/mol. The number of fused-ring (bicyclic) bond motifs is 1. The highest BCUT2D eigenvalue weighted by molar-refractivity contribution is 5.98. The van der Waals surface area contributed by atoms with Crippen LogP contribution in [0.4, 0.5) is 0 Å². The molecule has 0 atom stereocenters. The molecule has 4 nitrogen and oxygen atoms in total. The van der Waals surface area contributed by atoms with Gasteiger partial charge in [0.05, 0.1) is 6.54 Å². The summed E-state index contributed by atoms with van der Waals surface area (Å²) < 4.78 is 0. The number of hydrogen-bond acceptors (Lipinski definition) is 2. The molecule has 3 rings (SSSR count). The van der Waals surface area contributed by atoms with Crippen LogP contribution in [0.2, 0.25) is 0 Å².